The molecule has 0 rings (SSSR count). The predicted octanol–water partition coefficient (Wildman–Crippen LogP) is 5.01. The Hall–Kier alpha value is -0.560. The molecule has 17 heavy (non-hydrogen) atoms. The minimum atomic E-state index is 0.350. The molecule has 0 unspecified atom stereocenters. The van der Waals surface area contributed by atoms with Crippen LogP contribution in [0.15, 0.2) is 24.3 Å². The molecular formula is C16H30O. The lowest BCUT2D eigenvalue weighted by Gasteiger charge is -1.96. The SMILES string of the molecule is CCCCC/C=C/C=C/CCCCCCCO. The first-order valence-corrected chi connectivity index (χ1v) is 7.34. The molecule has 0 aliphatic heterocycles. The molecule has 0 aromatic carbocycles. The standard InChI is InChI=1S/C16H30O/c1-2-3-4-5-6-7-8-9-10-11-12-13-14-15-16-17/h6-9,17H,2-5,10-16H2,1H3/b7-6+,9-8+. The zero-order valence-corrected chi connectivity index (χ0v) is 11.5. The van der Waals surface area contributed by atoms with Crippen molar-refractivity contribution in [2.45, 2.75) is 71.1 Å². The summed E-state index contributed by atoms with van der Waals surface area (Å²) in [4.78, 5) is 0. The van der Waals surface area contributed by atoms with E-state index in [2.05, 4.69) is 31.2 Å². The molecule has 0 atom stereocenters. The van der Waals surface area contributed by atoms with E-state index < -0.39 is 0 Å². The summed E-state index contributed by atoms with van der Waals surface area (Å²) in [7, 11) is 0. The first kappa shape index (κ1) is 16.4. The Labute approximate surface area is 108 Å². The fourth-order valence-corrected chi connectivity index (χ4v) is 1.77. The van der Waals surface area contributed by atoms with Crippen LogP contribution in [0, 0.1) is 0 Å². The lowest BCUT2D eigenvalue weighted by molar-refractivity contribution is 0.282. The molecule has 0 heterocycles. The Bertz CT molecular complexity index is 182. The van der Waals surface area contributed by atoms with Gasteiger partial charge in [0.25, 0.3) is 0 Å². The number of unbranched alkanes of at least 4 members (excludes halogenated alkanes) is 8. The highest BCUT2D eigenvalue weighted by Gasteiger charge is 1.87. The Morgan fingerprint density at radius 2 is 1.24 bits per heavy atom. The van der Waals surface area contributed by atoms with E-state index in [0.717, 1.165) is 6.42 Å². The lowest BCUT2D eigenvalue weighted by atomic mass is 10.1. The van der Waals surface area contributed by atoms with Gasteiger partial charge in [-0.25, -0.2) is 0 Å². The van der Waals surface area contributed by atoms with Gasteiger partial charge in [0, 0.05) is 6.61 Å². The second-order valence-electron chi connectivity index (χ2n) is 4.63. The van der Waals surface area contributed by atoms with Crippen molar-refractivity contribution in [3.05, 3.63) is 24.3 Å². The predicted molar refractivity (Wildman–Crippen MR) is 77.2 cm³/mol. The molecule has 0 spiro atoms. The van der Waals surface area contributed by atoms with Crippen molar-refractivity contribution in [1.82, 2.24) is 0 Å². The van der Waals surface area contributed by atoms with Gasteiger partial charge < -0.3 is 5.11 Å². The number of hydrogen-bond donors (Lipinski definition) is 1. The molecule has 1 heteroatoms. The Balaban J connectivity index is 3.13. The van der Waals surface area contributed by atoms with Crippen molar-refractivity contribution in [3.8, 4) is 0 Å². The van der Waals surface area contributed by atoms with Gasteiger partial charge in [-0.15, -0.1) is 0 Å². The van der Waals surface area contributed by atoms with Crippen LogP contribution in [-0.2, 0) is 0 Å². The summed E-state index contributed by atoms with van der Waals surface area (Å²) in [5.41, 5.74) is 0. The number of aliphatic hydroxyl groups excluding tert-OH is 1. The Morgan fingerprint density at radius 3 is 1.82 bits per heavy atom. The highest BCUT2D eigenvalue weighted by atomic mass is 16.2. The van der Waals surface area contributed by atoms with Crippen LogP contribution in [0.1, 0.15) is 71.1 Å². The van der Waals surface area contributed by atoms with E-state index in [9.17, 15) is 0 Å². The van der Waals surface area contributed by atoms with Crippen LogP contribution in [0.5, 0.6) is 0 Å². The molecule has 0 amide bonds. The van der Waals surface area contributed by atoms with E-state index in [0.29, 0.717) is 6.61 Å². The van der Waals surface area contributed by atoms with E-state index in [-0.39, 0.29) is 0 Å². The smallest absolute Gasteiger partial charge is 0.0431 e. The fraction of sp³-hybridized carbons (Fsp3) is 0.750. The molecule has 0 aromatic heterocycles. The van der Waals surface area contributed by atoms with E-state index in [1.54, 1.807) is 0 Å². The van der Waals surface area contributed by atoms with Gasteiger partial charge in [0.15, 0.2) is 0 Å². The molecule has 1 N–H and O–H groups in total. The van der Waals surface area contributed by atoms with E-state index >= 15 is 0 Å². The van der Waals surface area contributed by atoms with Gasteiger partial charge in [-0.1, -0.05) is 63.3 Å². The quantitative estimate of drug-likeness (QED) is 0.374. The minimum absolute atomic E-state index is 0.350. The van der Waals surface area contributed by atoms with Crippen LogP contribution in [0.3, 0.4) is 0 Å². The molecule has 100 valence electrons. The summed E-state index contributed by atoms with van der Waals surface area (Å²) in [6.45, 7) is 2.59. The van der Waals surface area contributed by atoms with E-state index in [1.165, 1.54) is 57.8 Å². The van der Waals surface area contributed by atoms with Gasteiger partial charge in [-0.3, -0.25) is 0 Å². The van der Waals surface area contributed by atoms with Gasteiger partial charge in [-0.05, 0) is 32.1 Å². The highest BCUT2D eigenvalue weighted by Crippen LogP contribution is 2.05. The fourth-order valence-electron chi connectivity index (χ4n) is 1.77. The molecule has 0 aromatic rings. The largest absolute Gasteiger partial charge is 0.396 e. The number of hydrogen-bond acceptors (Lipinski definition) is 1. The summed E-state index contributed by atoms with van der Waals surface area (Å²) >= 11 is 0. The van der Waals surface area contributed by atoms with Crippen molar-refractivity contribution in [1.29, 1.82) is 0 Å². The van der Waals surface area contributed by atoms with E-state index in [4.69, 9.17) is 5.11 Å². The Kier molecular flexibility index (Phi) is 14.9. The summed E-state index contributed by atoms with van der Waals surface area (Å²) in [5, 5.41) is 8.62. The van der Waals surface area contributed by atoms with E-state index in [1.807, 2.05) is 0 Å². The zero-order chi connectivity index (χ0) is 12.6. The molecule has 0 aliphatic rings. The van der Waals surface area contributed by atoms with Gasteiger partial charge in [-0.2, -0.15) is 0 Å². The van der Waals surface area contributed by atoms with Gasteiger partial charge in [0.05, 0.1) is 0 Å². The monoisotopic (exact) mass is 238 g/mol. The van der Waals surface area contributed by atoms with Crippen LogP contribution in [0.4, 0.5) is 0 Å². The second-order valence-corrected chi connectivity index (χ2v) is 4.63. The molecule has 1 nitrogen and oxygen atoms in total. The van der Waals surface area contributed by atoms with Crippen molar-refractivity contribution in [3.63, 3.8) is 0 Å². The molecule has 0 aliphatic carbocycles. The highest BCUT2D eigenvalue weighted by molar-refractivity contribution is 5.02. The minimum Gasteiger partial charge on any atom is -0.396 e. The average molecular weight is 238 g/mol. The van der Waals surface area contributed by atoms with Crippen molar-refractivity contribution < 1.29 is 5.11 Å². The molecule has 0 fully saturated rings. The van der Waals surface area contributed by atoms with Crippen molar-refractivity contribution in [2.75, 3.05) is 6.61 Å². The summed E-state index contributed by atoms with van der Waals surface area (Å²) in [5.74, 6) is 0. The number of aliphatic hydroxyl groups is 1. The van der Waals surface area contributed by atoms with Crippen molar-refractivity contribution in [2.24, 2.45) is 0 Å². The summed E-state index contributed by atoms with van der Waals surface area (Å²) < 4.78 is 0. The zero-order valence-electron chi connectivity index (χ0n) is 11.5. The first-order chi connectivity index (χ1) is 8.41. The average Bonchev–Trinajstić information content (AvgIpc) is 2.35. The number of allylic oxidation sites excluding steroid dienone is 4. The summed E-state index contributed by atoms with van der Waals surface area (Å²) in [6, 6.07) is 0. The first-order valence-electron chi connectivity index (χ1n) is 7.34. The van der Waals surface area contributed by atoms with Crippen LogP contribution in [0.25, 0.3) is 0 Å². The Morgan fingerprint density at radius 1 is 0.706 bits per heavy atom. The van der Waals surface area contributed by atoms with Crippen LogP contribution >= 0.6 is 0 Å². The number of rotatable bonds is 12. The molecular weight excluding hydrogens is 208 g/mol. The maximum atomic E-state index is 8.62. The molecule has 0 saturated carbocycles. The normalized spacial score (nSPS) is 11.9. The van der Waals surface area contributed by atoms with Crippen molar-refractivity contribution >= 4 is 0 Å². The van der Waals surface area contributed by atoms with Crippen LogP contribution < -0.4 is 0 Å². The third-order valence-electron chi connectivity index (χ3n) is 2.89. The third kappa shape index (κ3) is 15.4. The van der Waals surface area contributed by atoms with Crippen LogP contribution in [0.2, 0.25) is 0 Å². The maximum absolute atomic E-state index is 8.62. The lowest BCUT2D eigenvalue weighted by Crippen LogP contribution is -1.82. The van der Waals surface area contributed by atoms with Gasteiger partial charge >= 0.3 is 0 Å². The topological polar surface area (TPSA) is 20.2 Å². The van der Waals surface area contributed by atoms with Gasteiger partial charge in [0.1, 0.15) is 0 Å². The van der Waals surface area contributed by atoms with Gasteiger partial charge in [0.2, 0.25) is 0 Å². The maximum Gasteiger partial charge on any atom is 0.0431 e. The second kappa shape index (κ2) is 15.4. The molecule has 0 radical (unpaired) electrons. The third-order valence-corrected chi connectivity index (χ3v) is 2.89. The van der Waals surface area contributed by atoms with Crippen LogP contribution in [-0.4, -0.2) is 11.7 Å². The summed E-state index contributed by atoms with van der Waals surface area (Å²) in [6.07, 6.45) is 21.3. The molecule has 0 bridgehead atoms. The molecule has 0 saturated heterocycles.